The number of furan rings is 1. The zero-order valence-electron chi connectivity index (χ0n) is 15.5. The summed E-state index contributed by atoms with van der Waals surface area (Å²) in [6, 6.07) is 14.4. The summed E-state index contributed by atoms with van der Waals surface area (Å²) < 4.78 is 7.38. The smallest absolute Gasteiger partial charge is 0.234 e. The maximum absolute atomic E-state index is 12.4. The Kier molecular flexibility index (Phi) is 6.37. The van der Waals surface area contributed by atoms with Gasteiger partial charge in [0.2, 0.25) is 5.91 Å². The van der Waals surface area contributed by atoms with Crippen LogP contribution < -0.4 is 5.32 Å². The van der Waals surface area contributed by atoms with Crippen molar-refractivity contribution in [3.05, 3.63) is 76.9 Å². The Morgan fingerprint density at radius 3 is 2.67 bits per heavy atom. The number of benzene rings is 1. The minimum absolute atomic E-state index is 0.127. The van der Waals surface area contributed by atoms with Gasteiger partial charge in [-0.05, 0) is 48.5 Å². The van der Waals surface area contributed by atoms with E-state index in [1.54, 1.807) is 36.7 Å². The molecule has 0 aliphatic heterocycles. The zero-order chi connectivity index (χ0) is 20.9. The van der Waals surface area contributed by atoms with Crippen LogP contribution in [0.1, 0.15) is 5.76 Å². The lowest BCUT2D eigenvalue weighted by Gasteiger charge is -2.09. The third-order valence-electron chi connectivity index (χ3n) is 4.08. The summed E-state index contributed by atoms with van der Waals surface area (Å²) in [7, 11) is 0. The van der Waals surface area contributed by atoms with E-state index in [2.05, 4.69) is 20.5 Å². The Balaban J connectivity index is 1.54. The van der Waals surface area contributed by atoms with E-state index in [0.717, 1.165) is 11.3 Å². The molecule has 3 heterocycles. The number of nitrogens with zero attached hydrogens (tertiary/aromatic N) is 4. The third kappa shape index (κ3) is 4.84. The van der Waals surface area contributed by atoms with Gasteiger partial charge < -0.3 is 9.73 Å². The molecular formula is C20H15Cl2N5O2S. The first kappa shape index (κ1) is 20.5. The van der Waals surface area contributed by atoms with Crippen LogP contribution in [0.15, 0.2) is 70.6 Å². The van der Waals surface area contributed by atoms with Gasteiger partial charge in [-0.15, -0.1) is 10.2 Å². The van der Waals surface area contributed by atoms with E-state index >= 15 is 0 Å². The highest BCUT2D eigenvalue weighted by Gasteiger charge is 2.17. The predicted octanol–water partition coefficient (Wildman–Crippen LogP) is 5.02. The van der Waals surface area contributed by atoms with Crippen LogP contribution in [0.25, 0.3) is 11.4 Å². The number of carbonyl (C=O) groups is 1. The average Bonchev–Trinajstić information content (AvgIpc) is 3.39. The van der Waals surface area contributed by atoms with Crippen LogP contribution in [0, 0.1) is 0 Å². The number of hydrogen-bond donors (Lipinski definition) is 1. The Labute approximate surface area is 186 Å². The topological polar surface area (TPSA) is 85.8 Å². The number of anilines is 1. The van der Waals surface area contributed by atoms with Crippen LogP contribution in [0.3, 0.4) is 0 Å². The second kappa shape index (κ2) is 9.34. The van der Waals surface area contributed by atoms with Crippen molar-refractivity contribution in [1.29, 1.82) is 0 Å². The Morgan fingerprint density at radius 2 is 1.93 bits per heavy atom. The SMILES string of the molecule is O=C(CSc1nnc(-c2ccc(Cl)cc2)n1Cc1ccco1)Nc1cccnc1Cl. The lowest BCUT2D eigenvalue weighted by molar-refractivity contribution is -0.113. The van der Waals surface area contributed by atoms with Gasteiger partial charge >= 0.3 is 0 Å². The molecule has 0 saturated heterocycles. The normalized spacial score (nSPS) is 10.9. The first-order valence-corrected chi connectivity index (χ1v) is 10.6. The number of thioether (sulfide) groups is 1. The molecule has 1 N–H and O–H groups in total. The molecule has 0 aliphatic carbocycles. The number of nitrogens with one attached hydrogen (secondary N) is 1. The molecule has 7 nitrogen and oxygen atoms in total. The summed E-state index contributed by atoms with van der Waals surface area (Å²) in [6.07, 6.45) is 3.17. The summed E-state index contributed by atoms with van der Waals surface area (Å²) in [5.74, 6) is 1.30. The van der Waals surface area contributed by atoms with Gasteiger partial charge in [0.15, 0.2) is 16.1 Å². The van der Waals surface area contributed by atoms with Crippen LogP contribution in [0.4, 0.5) is 5.69 Å². The molecule has 30 heavy (non-hydrogen) atoms. The number of hydrogen-bond acceptors (Lipinski definition) is 6. The third-order valence-corrected chi connectivity index (χ3v) is 5.60. The zero-order valence-corrected chi connectivity index (χ0v) is 17.8. The molecule has 0 radical (unpaired) electrons. The van der Waals surface area contributed by atoms with Crippen molar-refractivity contribution in [2.24, 2.45) is 0 Å². The predicted molar refractivity (Wildman–Crippen MR) is 117 cm³/mol. The molecule has 0 atom stereocenters. The fourth-order valence-electron chi connectivity index (χ4n) is 2.70. The molecule has 0 spiro atoms. The van der Waals surface area contributed by atoms with Gasteiger partial charge in [-0.2, -0.15) is 0 Å². The molecule has 3 aromatic heterocycles. The molecule has 0 fully saturated rings. The van der Waals surface area contributed by atoms with Crippen molar-refractivity contribution in [2.45, 2.75) is 11.7 Å². The second-order valence-corrected chi connectivity index (χ2v) is 7.89. The summed E-state index contributed by atoms with van der Waals surface area (Å²) in [6.45, 7) is 0.427. The first-order chi connectivity index (χ1) is 14.6. The lowest BCUT2D eigenvalue weighted by Crippen LogP contribution is -2.15. The lowest BCUT2D eigenvalue weighted by atomic mass is 10.2. The Bertz CT molecular complexity index is 1150. The van der Waals surface area contributed by atoms with Crippen molar-refractivity contribution < 1.29 is 9.21 Å². The monoisotopic (exact) mass is 459 g/mol. The van der Waals surface area contributed by atoms with Gasteiger partial charge in [0, 0.05) is 16.8 Å². The molecule has 4 rings (SSSR count). The van der Waals surface area contributed by atoms with Crippen molar-refractivity contribution in [2.75, 3.05) is 11.1 Å². The van der Waals surface area contributed by atoms with Gasteiger partial charge in [-0.3, -0.25) is 9.36 Å². The number of carbonyl (C=O) groups excluding carboxylic acids is 1. The number of amides is 1. The summed E-state index contributed by atoms with van der Waals surface area (Å²) >= 11 is 13.3. The van der Waals surface area contributed by atoms with E-state index in [4.69, 9.17) is 27.6 Å². The number of aromatic nitrogens is 4. The molecule has 4 aromatic rings. The van der Waals surface area contributed by atoms with Crippen LogP contribution in [0.5, 0.6) is 0 Å². The second-order valence-electron chi connectivity index (χ2n) is 6.16. The van der Waals surface area contributed by atoms with Crippen molar-refractivity contribution in [3.63, 3.8) is 0 Å². The quantitative estimate of drug-likeness (QED) is 0.308. The average molecular weight is 460 g/mol. The van der Waals surface area contributed by atoms with Crippen molar-refractivity contribution >= 4 is 46.6 Å². The molecule has 0 unspecified atom stereocenters. The van der Waals surface area contributed by atoms with E-state index in [1.165, 1.54) is 11.8 Å². The largest absolute Gasteiger partial charge is 0.467 e. The van der Waals surface area contributed by atoms with Gasteiger partial charge in [0.25, 0.3) is 0 Å². The van der Waals surface area contributed by atoms with Crippen molar-refractivity contribution in [1.82, 2.24) is 19.7 Å². The van der Waals surface area contributed by atoms with Gasteiger partial charge in [0.1, 0.15) is 5.76 Å². The van der Waals surface area contributed by atoms with Crippen LogP contribution in [-0.4, -0.2) is 31.4 Å². The molecule has 10 heteroatoms. The molecular weight excluding hydrogens is 445 g/mol. The van der Waals surface area contributed by atoms with Crippen LogP contribution in [-0.2, 0) is 11.3 Å². The van der Waals surface area contributed by atoms with Gasteiger partial charge in [0.05, 0.1) is 24.2 Å². The summed E-state index contributed by atoms with van der Waals surface area (Å²) in [4.78, 5) is 16.3. The summed E-state index contributed by atoms with van der Waals surface area (Å²) in [5, 5.41) is 12.8. The van der Waals surface area contributed by atoms with E-state index < -0.39 is 0 Å². The van der Waals surface area contributed by atoms with Gasteiger partial charge in [-0.1, -0.05) is 35.0 Å². The highest BCUT2D eigenvalue weighted by molar-refractivity contribution is 7.99. The molecule has 0 aliphatic rings. The van der Waals surface area contributed by atoms with Crippen molar-refractivity contribution in [3.8, 4) is 11.4 Å². The van der Waals surface area contributed by atoms with Crippen LogP contribution >= 0.6 is 35.0 Å². The van der Waals surface area contributed by atoms with Crippen LogP contribution in [0.2, 0.25) is 10.2 Å². The highest BCUT2D eigenvalue weighted by atomic mass is 35.5. The highest BCUT2D eigenvalue weighted by Crippen LogP contribution is 2.27. The minimum atomic E-state index is -0.226. The van der Waals surface area contributed by atoms with E-state index in [0.29, 0.717) is 28.2 Å². The molecule has 0 bridgehead atoms. The van der Waals surface area contributed by atoms with E-state index in [-0.39, 0.29) is 16.8 Å². The number of pyridine rings is 1. The maximum atomic E-state index is 12.4. The minimum Gasteiger partial charge on any atom is -0.467 e. The molecule has 1 amide bonds. The maximum Gasteiger partial charge on any atom is 0.234 e. The fraction of sp³-hybridized carbons (Fsp3) is 0.100. The Morgan fingerprint density at radius 1 is 1.10 bits per heavy atom. The first-order valence-electron chi connectivity index (χ1n) is 8.85. The molecule has 152 valence electrons. The number of halogens is 2. The molecule has 0 saturated carbocycles. The van der Waals surface area contributed by atoms with E-state index in [9.17, 15) is 4.79 Å². The number of rotatable bonds is 7. The molecule has 1 aromatic carbocycles. The summed E-state index contributed by atoms with van der Waals surface area (Å²) in [5.41, 5.74) is 1.32. The Hall–Kier alpha value is -2.81. The van der Waals surface area contributed by atoms with E-state index in [1.807, 2.05) is 28.8 Å². The fourth-order valence-corrected chi connectivity index (χ4v) is 3.73. The standard InChI is InChI=1S/C20H15Cl2N5O2S/c21-14-7-5-13(6-8-14)19-25-26-20(27(19)11-15-3-2-10-29-15)30-12-17(28)24-16-4-1-9-23-18(16)22/h1-10H,11-12H2,(H,24,28). The van der Waals surface area contributed by atoms with Gasteiger partial charge in [-0.25, -0.2) is 4.98 Å².